The first-order valence-electron chi connectivity index (χ1n) is 6.54. The minimum Gasteiger partial charge on any atom is -0.389 e. The normalized spacial score (nSPS) is 39.6. The molecule has 0 bridgehead atoms. The zero-order chi connectivity index (χ0) is 11.9. The minimum atomic E-state index is -0.232. The first-order chi connectivity index (χ1) is 7.50. The fourth-order valence-electron chi connectivity index (χ4n) is 3.48. The summed E-state index contributed by atoms with van der Waals surface area (Å²) in [6.45, 7) is 10.9. The molecule has 0 aromatic heterocycles. The molecule has 1 heteroatoms. The summed E-state index contributed by atoms with van der Waals surface area (Å²) in [5.41, 5.74) is 2.53. The van der Waals surface area contributed by atoms with Crippen molar-refractivity contribution in [2.24, 2.45) is 23.7 Å². The third-order valence-corrected chi connectivity index (χ3v) is 4.60. The molecule has 0 aliphatic heterocycles. The van der Waals surface area contributed by atoms with Crippen LogP contribution in [0.2, 0.25) is 0 Å². The Balaban J connectivity index is 2.28. The lowest BCUT2D eigenvalue weighted by Gasteiger charge is -2.44. The maximum absolute atomic E-state index is 9.95. The number of allylic oxidation sites excluding steroid dienone is 2. The Bertz CT molecular complexity index is 313. The van der Waals surface area contributed by atoms with Crippen molar-refractivity contribution < 1.29 is 5.11 Å². The second-order valence-corrected chi connectivity index (χ2v) is 5.95. The second kappa shape index (κ2) is 4.37. The van der Waals surface area contributed by atoms with Crippen molar-refractivity contribution >= 4 is 0 Å². The van der Waals surface area contributed by atoms with E-state index in [-0.39, 0.29) is 6.10 Å². The molecular weight excluding hydrogens is 196 g/mol. The molecule has 0 amide bonds. The summed E-state index contributed by atoms with van der Waals surface area (Å²) in [4.78, 5) is 0. The highest BCUT2D eigenvalue weighted by atomic mass is 16.3. The van der Waals surface area contributed by atoms with Crippen LogP contribution >= 0.6 is 0 Å². The molecule has 2 aliphatic carbocycles. The van der Waals surface area contributed by atoms with E-state index in [1.807, 2.05) is 0 Å². The van der Waals surface area contributed by atoms with E-state index < -0.39 is 0 Å². The lowest BCUT2D eigenvalue weighted by molar-refractivity contribution is 0.110. The van der Waals surface area contributed by atoms with Crippen molar-refractivity contribution in [2.75, 3.05) is 0 Å². The Morgan fingerprint density at radius 3 is 2.75 bits per heavy atom. The van der Waals surface area contributed by atoms with E-state index >= 15 is 0 Å². The van der Waals surface area contributed by atoms with Gasteiger partial charge in [-0.25, -0.2) is 0 Å². The van der Waals surface area contributed by atoms with Crippen LogP contribution < -0.4 is 0 Å². The Labute approximate surface area is 99.3 Å². The molecule has 1 N–H and O–H groups in total. The van der Waals surface area contributed by atoms with E-state index in [2.05, 4.69) is 33.4 Å². The lowest BCUT2D eigenvalue weighted by Crippen LogP contribution is -2.37. The first kappa shape index (κ1) is 11.9. The monoisotopic (exact) mass is 220 g/mol. The first-order valence-corrected chi connectivity index (χ1v) is 6.54. The van der Waals surface area contributed by atoms with Crippen LogP contribution in [0.3, 0.4) is 0 Å². The number of rotatable bonds is 1. The number of aliphatic hydroxyl groups excluding tert-OH is 1. The molecule has 0 heterocycles. The van der Waals surface area contributed by atoms with Gasteiger partial charge >= 0.3 is 0 Å². The molecule has 0 aromatic rings. The molecule has 1 nitrogen and oxygen atoms in total. The number of aliphatic hydroxyl groups is 1. The Morgan fingerprint density at radius 2 is 2.12 bits per heavy atom. The van der Waals surface area contributed by atoms with Gasteiger partial charge in [0.25, 0.3) is 0 Å². The smallest absolute Gasteiger partial charge is 0.0753 e. The molecule has 0 radical (unpaired) electrons. The van der Waals surface area contributed by atoms with Gasteiger partial charge in [-0.05, 0) is 55.4 Å². The summed E-state index contributed by atoms with van der Waals surface area (Å²) in [6, 6.07) is 0. The predicted octanol–water partition coefficient (Wildman–Crippen LogP) is 3.55. The van der Waals surface area contributed by atoms with E-state index in [1.165, 1.54) is 17.6 Å². The molecule has 4 unspecified atom stereocenters. The van der Waals surface area contributed by atoms with Crippen molar-refractivity contribution in [3.63, 3.8) is 0 Å². The third kappa shape index (κ3) is 1.98. The van der Waals surface area contributed by atoms with E-state index in [4.69, 9.17) is 0 Å². The van der Waals surface area contributed by atoms with Crippen LogP contribution in [0.4, 0.5) is 0 Å². The molecule has 16 heavy (non-hydrogen) atoms. The Kier molecular flexibility index (Phi) is 3.25. The molecule has 2 aliphatic rings. The van der Waals surface area contributed by atoms with Crippen LogP contribution in [0, 0.1) is 23.7 Å². The largest absolute Gasteiger partial charge is 0.389 e. The number of fused-ring (bicyclic) bond motifs is 1. The van der Waals surface area contributed by atoms with Gasteiger partial charge in [0, 0.05) is 0 Å². The van der Waals surface area contributed by atoms with Gasteiger partial charge in [-0.2, -0.15) is 0 Å². The van der Waals surface area contributed by atoms with E-state index in [0.29, 0.717) is 11.8 Å². The zero-order valence-corrected chi connectivity index (χ0v) is 10.7. The molecule has 2 rings (SSSR count). The van der Waals surface area contributed by atoms with Crippen LogP contribution in [0.15, 0.2) is 23.8 Å². The molecule has 0 spiro atoms. The van der Waals surface area contributed by atoms with Crippen LogP contribution in [0.25, 0.3) is 0 Å². The minimum absolute atomic E-state index is 0.232. The third-order valence-electron chi connectivity index (χ3n) is 4.60. The van der Waals surface area contributed by atoms with Crippen LogP contribution in [-0.4, -0.2) is 11.2 Å². The molecule has 4 atom stereocenters. The van der Waals surface area contributed by atoms with Gasteiger partial charge in [-0.15, -0.1) is 0 Å². The summed E-state index contributed by atoms with van der Waals surface area (Å²) in [5.74, 6) is 2.67. The molecular formula is C15H24O. The highest BCUT2D eigenvalue weighted by Gasteiger charge is 2.39. The number of hydrogen-bond acceptors (Lipinski definition) is 1. The van der Waals surface area contributed by atoms with Gasteiger partial charge in [0.15, 0.2) is 0 Å². The van der Waals surface area contributed by atoms with Crippen LogP contribution in [-0.2, 0) is 0 Å². The SMILES string of the molecule is C=C1CCC(C(C)C)C2C=C(C)C(O)CC12. The van der Waals surface area contributed by atoms with Crippen molar-refractivity contribution in [3.8, 4) is 0 Å². The highest BCUT2D eigenvalue weighted by molar-refractivity contribution is 5.22. The molecule has 1 saturated carbocycles. The van der Waals surface area contributed by atoms with Crippen molar-refractivity contribution in [1.82, 2.24) is 0 Å². The average Bonchev–Trinajstić information content (AvgIpc) is 2.21. The summed E-state index contributed by atoms with van der Waals surface area (Å²) in [6.07, 6.45) is 5.42. The van der Waals surface area contributed by atoms with Gasteiger partial charge in [0.1, 0.15) is 0 Å². The highest BCUT2D eigenvalue weighted by Crippen LogP contribution is 2.47. The van der Waals surface area contributed by atoms with Gasteiger partial charge in [-0.1, -0.05) is 32.1 Å². The van der Waals surface area contributed by atoms with Crippen LogP contribution in [0.1, 0.15) is 40.0 Å². The van der Waals surface area contributed by atoms with Gasteiger partial charge in [0.05, 0.1) is 6.10 Å². The standard InChI is InChI=1S/C15H24O/c1-9(2)12-6-5-10(3)13-8-15(16)11(4)7-14(12)13/h7,9,12-16H,3,5-6,8H2,1-2,4H3. The average molecular weight is 220 g/mol. The summed E-state index contributed by atoms with van der Waals surface area (Å²) < 4.78 is 0. The molecule has 0 saturated heterocycles. The van der Waals surface area contributed by atoms with E-state index in [9.17, 15) is 5.11 Å². The molecule has 0 aromatic carbocycles. The van der Waals surface area contributed by atoms with Gasteiger partial charge < -0.3 is 5.11 Å². The topological polar surface area (TPSA) is 20.2 Å². The van der Waals surface area contributed by atoms with Crippen LogP contribution in [0.5, 0.6) is 0 Å². The maximum Gasteiger partial charge on any atom is 0.0753 e. The quantitative estimate of drug-likeness (QED) is 0.670. The summed E-state index contributed by atoms with van der Waals surface area (Å²) in [7, 11) is 0. The Hall–Kier alpha value is -0.560. The van der Waals surface area contributed by atoms with Crippen molar-refractivity contribution in [3.05, 3.63) is 23.8 Å². The Morgan fingerprint density at radius 1 is 1.44 bits per heavy atom. The fourth-order valence-corrected chi connectivity index (χ4v) is 3.48. The summed E-state index contributed by atoms with van der Waals surface area (Å²) >= 11 is 0. The molecule has 90 valence electrons. The second-order valence-electron chi connectivity index (χ2n) is 5.95. The number of hydrogen-bond donors (Lipinski definition) is 1. The summed E-state index contributed by atoms with van der Waals surface area (Å²) in [5, 5.41) is 9.95. The zero-order valence-electron chi connectivity index (χ0n) is 10.7. The van der Waals surface area contributed by atoms with E-state index in [0.717, 1.165) is 24.7 Å². The predicted molar refractivity (Wildman–Crippen MR) is 68.1 cm³/mol. The lowest BCUT2D eigenvalue weighted by atomic mass is 9.62. The van der Waals surface area contributed by atoms with Gasteiger partial charge in [0.2, 0.25) is 0 Å². The fraction of sp³-hybridized carbons (Fsp3) is 0.733. The van der Waals surface area contributed by atoms with Gasteiger partial charge in [-0.3, -0.25) is 0 Å². The van der Waals surface area contributed by atoms with Crippen molar-refractivity contribution in [2.45, 2.75) is 46.1 Å². The van der Waals surface area contributed by atoms with Crippen molar-refractivity contribution in [1.29, 1.82) is 0 Å². The molecule has 1 fully saturated rings. The maximum atomic E-state index is 9.95. The van der Waals surface area contributed by atoms with E-state index in [1.54, 1.807) is 0 Å².